The lowest BCUT2D eigenvalue weighted by Crippen LogP contribution is -2.61. The molecule has 0 aliphatic carbocycles. The third-order valence-electron chi connectivity index (χ3n) is 2.11. The summed E-state index contributed by atoms with van der Waals surface area (Å²) in [4.78, 5) is 10.5. The average molecular weight is 336 g/mol. The van der Waals surface area contributed by atoms with Crippen LogP contribution in [0.15, 0.2) is 0 Å². The van der Waals surface area contributed by atoms with Crippen LogP contribution in [0, 0.1) is 0 Å². The van der Waals surface area contributed by atoms with E-state index in [2.05, 4.69) is 9.47 Å². The smallest absolute Gasteiger partial charge is 0.435 e. The molecule has 3 nitrogen and oxygen atoms in total. The van der Waals surface area contributed by atoms with E-state index in [1.807, 2.05) is 0 Å². The summed E-state index contributed by atoms with van der Waals surface area (Å²) in [6.07, 6.45) is -10.7. The SMILES string of the molecule is CCOC(=O)OCCC(F)(F)C(F)(F)C(F)(F)C(F)(F)F. The second kappa shape index (κ2) is 6.18. The van der Waals surface area contributed by atoms with Crippen molar-refractivity contribution in [2.45, 2.75) is 37.3 Å². The standard InChI is InChI=1S/C9H9F9O3/c1-2-20-5(19)21-4-3-6(10,11)7(12,13)8(14,15)9(16,17)18/h2-4H2,1H3. The molecule has 0 aliphatic rings. The summed E-state index contributed by atoms with van der Waals surface area (Å²) in [5, 5.41) is 0. The van der Waals surface area contributed by atoms with Gasteiger partial charge in [0.25, 0.3) is 0 Å². The van der Waals surface area contributed by atoms with Gasteiger partial charge in [0.05, 0.1) is 13.0 Å². The minimum atomic E-state index is -6.95. The van der Waals surface area contributed by atoms with Gasteiger partial charge in [-0.3, -0.25) is 0 Å². The molecule has 21 heavy (non-hydrogen) atoms. The molecule has 0 rings (SSSR count). The third kappa shape index (κ3) is 4.06. The lowest BCUT2D eigenvalue weighted by molar-refractivity contribution is -0.397. The Labute approximate surface area is 112 Å². The molecule has 0 aromatic carbocycles. The second-order valence-corrected chi connectivity index (χ2v) is 3.63. The summed E-state index contributed by atoms with van der Waals surface area (Å²) in [5.74, 6) is -19.4. The summed E-state index contributed by atoms with van der Waals surface area (Å²) in [5.41, 5.74) is 0. The van der Waals surface area contributed by atoms with Crippen molar-refractivity contribution in [2.75, 3.05) is 13.2 Å². The Kier molecular flexibility index (Phi) is 5.78. The number of carbonyl (C=O) groups excluding carboxylic acids is 1. The minimum absolute atomic E-state index is 0.252. The Bertz CT molecular complexity index is 364. The summed E-state index contributed by atoms with van der Waals surface area (Å²) in [6.45, 7) is -0.499. The van der Waals surface area contributed by atoms with Gasteiger partial charge < -0.3 is 9.47 Å². The van der Waals surface area contributed by atoms with Crippen LogP contribution in [0.5, 0.6) is 0 Å². The van der Waals surface area contributed by atoms with Crippen LogP contribution >= 0.6 is 0 Å². The molecule has 0 aromatic heterocycles. The number of rotatable bonds is 6. The van der Waals surface area contributed by atoms with Crippen molar-refractivity contribution in [3.05, 3.63) is 0 Å². The van der Waals surface area contributed by atoms with Gasteiger partial charge in [-0.15, -0.1) is 0 Å². The van der Waals surface area contributed by atoms with Crippen molar-refractivity contribution in [1.29, 1.82) is 0 Å². The number of alkyl halides is 9. The van der Waals surface area contributed by atoms with Gasteiger partial charge in [-0.25, -0.2) is 4.79 Å². The summed E-state index contributed by atoms with van der Waals surface area (Å²) < 4.78 is 119. The van der Waals surface area contributed by atoms with Crippen molar-refractivity contribution in [3.63, 3.8) is 0 Å². The Hall–Kier alpha value is -1.36. The predicted octanol–water partition coefficient (Wildman–Crippen LogP) is 4.02. The molecule has 126 valence electrons. The monoisotopic (exact) mass is 336 g/mol. The molecule has 12 heteroatoms. The first-order valence-corrected chi connectivity index (χ1v) is 5.20. The molecule has 0 radical (unpaired) electrons. The summed E-state index contributed by atoms with van der Waals surface area (Å²) in [6, 6.07) is 0. The molecule has 0 spiro atoms. The van der Waals surface area contributed by atoms with Crippen molar-refractivity contribution in [2.24, 2.45) is 0 Å². The normalized spacial score (nSPS) is 14.0. The van der Waals surface area contributed by atoms with Crippen LogP contribution < -0.4 is 0 Å². The maximum absolute atomic E-state index is 12.9. The first-order chi connectivity index (χ1) is 9.20. The van der Waals surface area contributed by atoms with Crippen molar-refractivity contribution in [3.8, 4) is 0 Å². The zero-order chi connectivity index (χ0) is 17.1. The molecule has 0 atom stereocenters. The van der Waals surface area contributed by atoms with Crippen molar-refractivity contribution < 1.29 is 53.8 Å². The largest absolute Gasteiger partial charge is 0.508 e. The molecule has 0 saturated carbocycles. The van der Waals surface area contributed by atoms with Gasteiger partial charge in [0, 0.05) is 0 Å². The zero-order valence-electron chi connectivity index (χ0n) is 10.2. The Morgan fingerprint density at radius 2 is 1.33 bits per heavy atom. The minimum Gasteiger partial charge on any atom is -0.435 e. The van der Waals surface area contributed by atoms with Crippen LogP contribution in [0.3, 0.4) is 0 Å². The van der Waals surface area contributed by atoms with Crippen LogP contribution in [0.2, 0.25) is 0 Å². The lowest BCUT2D eigenvalue weighted by atomic mass is 10.0. The molecule has 0 saturated heterocycles. The maximum atomic E-state index is 12.9. The quantitative estimate of drug-likeness (QED) is 0.543. The molecule has 0 N–H and O–H groups in total. The van der Waals surface area contributed by atoms with Crippen LogP contribution in [-0.4, -0.2) is 43.3 Å². The lowest BCUT2D eigenvalue weighted by Gasteiger charge is -2.33. The first-order valence-electron chi connectivity index (χ1n) is 5.20. The van der Waals surface area contributed by atoms with E-state index in [9.17, 15) is 44.3 Å². The van der Waals surface area contributed by atoms with Crippen LogP contribution in [0.1, 0.15) is 13.3 Å². The van der Waals surface area contributed by atoms with E-state index in [0.29, 0.717) is 0 Å². The van der Waals surface area contributed by atoms with E-state index in [4.69, 9.17) is 0 Å². The highest BCUT2D eigenvalue weighted by Gasteiger charge is 2.81. The number of carbonyl (C=O) groups is 1. The first kappa shape index (κ1) is 19.6. The van der Waals surface area contributed by atoms with Gasteiger partial charge in [-0.1, -0.05) is 0 Å². The Morgan fingerprint density at radius 1 is 0.857 bits per heavy atom. The van der Waals surface area contributed by atoms with Gasteiger partial charge in [-0.05, 0) is 6.92 Å². The summed E-state index contributed by atoms with van der Waals surface area (Å²) in [7, 11) is 0. The van der Waals surface area contributed by atoms with E-state index < -0.39 is 43.1 Å². The van der Waals surface area contributed by atoms with Gasteiger partial charge in [0.1, 0.15) is 6.61 Å². The number of ether oxygens (including phenoxy) is 2. The van der Waals surface area contributed by atoms with Crippen LogP contribution in [0.4, 0.5) is 44.3 Å². The topological polar surface area (TPSA) is 35.5 Å². The molecular formula is C9H9F9O3. The summed E-state index contributed by atoms with van der Waals surface area (Å²) >= 11 is 0. The zero-order valence-corrected chi connectivity index (χ0v) is 10.2. The second-order valence-electron chi connectivity index (χ2n) is 3.63. The van der Waals surface area contributed by atoms with E-state index in [0.717, 1.165) is 0 Å². The van der Waals surface area contributed by atoms with E-state index in [-0.39, 0.29) is 6.61 Å². The van der Waals surface area contributed by atoms with E-state index in [1.165, 1.54) is 6.92 Å². The van der Waals surface area contributed by atoms with Gasteiger partial charge >= 0.3 is 30.1 Å². The van der Waals surface area contributed by atoms with Crippen LogP contribution in [-0.2, 0) is 9.47 Å². The molecular weight excluding hydrogens is 327 g/mol. The third-order valence-corrected chi connectivity index (χ3v) is 2.11. The molecule has 0 unspecified atom stereocenters. The van der Waals surface area contributed by atoms with Gasteiger partial charge in [0.2, 0.25) is 0 Å². The van der Waals surface area contributed by atoms with E-state index >= 15 is 0 Å². The average Bonchev–Trinajstić information content (AvgIpc) is 2.26. The highest BCUT2D eigenvalue weighted by molar-refractivity contribution is 5.59. The number of halogens is 9. The predicted molar refractivity (Wildman–Crippen MR) is 48.5 cm³/mol. The number of hydrogen-bond donors (Lipinski definition) is 0. The van der Waals surface area contributed by atoms with E-state index in [1.54, 1.807) is 0 Å². The Balaban J connectivity index is 4.93. The van der Waals surface area contributed by atoms with Crippen molar-refractivity contribution >= 4 is 6.16 Å². The number of hydrogen-bond acceptors (Lipinski definition) is 3. The van der Waals surface area contributed by atoms with Gasteiger partial charge in [0.15, 0.2) is 0 Å². The fourth-order valence-electron chi connectivity index (χ4n) is 0.987. The molecule has 0 aliphatic heterocycles. The molecule has 0 bridgehead atoms. The van der Waals surface area contributed by atoms with Crippen molar-refractivity contribution in [1.82, 2.24) is 0 Å². The fourth-order valence-corrected chi connectivity index (χ4v) is 0.987. The highest BCUT2D eigenvalue weighted by Crippen LogP contribution is 2.53. The fraction of sp³-hybridized carbons (Fsp3) is 0.889. The molecule has 0 aromatic rings. The molecule has 0 fully saturated rings. The van der Waals surface area contributed by atoms with Crippen LogP contribution in [0.25, 0.3) is 0 Å². The maximum Gasteiger partial charge on any atom is 0.508 e. The Morgan fingerprint density at radius 3 is 1.71 bits per heavy atom. The molecule has 0 amide bonds. The van der Waals surface area contributed by atoms with Gasteiger partial charge in [-0.2, -0.15) is 39.5 Å². The highest BCUT2D eigenvalue weighted by atomic mass is 19.4. The molecule has 0 heterocycles.